The summed E-state index contributed by atoms with van der Waals surface area (Å²) in [5.41, 5.74) is 1.91. The number of piperazine rings is 1. The van der Waals surface area contributed by atoms with E-state index in [1.54, 1.807) is 18.2 Å². The van der Waals surface area contributed by atoms with E-state index >= 15 is 0 Å². The molecule has 1 aliphatic rings. The molecule has 10 heteroatoms. The third-order valence-corrected chi connectivity index (χ3v) is 8.37. The van der Waals surface area contributed by atoms with E-state index in [1.165, 1.54) is 16.4 Å². The van der Waals surface area contributed by atoms with Crippen LogP contribution in [0.25, 0.3) is 0 Å². The summed E-state index contributed by atoms with van der Waals surface area (Å²) in [4.78, 5) is 2.20. The highest BCUT2D eigenvalue weighted by molar-refractivity contribution is 7.90. The molecule has 1 heterocycles. The normalized spacial score (nSPS) is 16.1. The van der Waals surface area contributed by atoms with E-state index in [-0.39, 0.29) is 17.2 Å². The van der Waals surface area contributed by atoms with Crippen LogP contribution in [-0.4, -0.2) is 59.6 Å². The van der Waals surface area contributed by atoms with E-state index in [4.69, 9.17) is 11.6 Å². The maximum absolute atomic E-state index is 12.6. The molecule has 29 heavy (non-hydrogen) atoms. The van der Waals surface area contributed by atoms with Crippen LogP contribution in [0.1, 0.15) is 5.56 Å². The van der Waals surface area contributed by atoms with Crippen molar-refractivity contribution in [2.75, 3.05) is 43.4 Å². The van der Waals surface area contributed by atoms with Crippen molar-refractivity contribution in [1.29, 1.82) is 0 Å². The Hall–Kier alpha value is -1.65. The molecule has 0 aliphatic carbocycles. The molecule has 158 valence electrons. The summed E-state index contributed by atoms with van der Waals surface area (Å²) < 4.78 is 53.6. The van der Waals surface area contributed by atoms with E-state index in [9.17, 15) is 16.8 Å². The molecule has 0 saturated carbocycles. The summed E-state index contributed by atoms with van der Waals surface area (Å²) in [6, 6.07) is 13.9. The van der Waals surface area contributed by atoms with Gasteiger partial charge in [-0.1, -0.05) is 35.4 Å². The molecule has 2 aromatic carbocycles. The third-order valence-electron chi connectivity index (χ3n) is 4.79. The number of nitrogens with one attached hydrogen (secondary N) is 1. The predicted molar refractivity (Wildman–Crippen MR) is 115 cm³/mol. The molecule has 0 aromatic heterocycles. The van der Waals surface area contributed by atoms with Crippen molar-refractivity contribution in [2.24, 2.45) is 0 Å². The average Bonchev–Trinajstić information content (AvgIpc) is 2.68. The van der Waals surface area contributed by atoms with Crippen molar-refractivity contribution < 1.29 is 16.8 Å². The summed E-state index contributed by atoms with van der Waals surface area (Å²) in [6.07, 6.45) is 0. The van der Waals surface area contributed by atoms with Gasteiger partial charge in [0.25, 0.3) is 0 Å². The van der Waals surface area contributed by atoms with Gasteiger partial charge in [-0.15, -0.1) is 0 Å². The van der Waals surface area contributed by atoms with Gasteiger partial charge in [-0.05, 0) is 37.3 Å². The molecule has 7 nitrogen and oxygen atoms in total. The SMILES string of the molecule is Cc1ccc(S(=O)(=O)NCCS(=O)(=O)N2CCN(c3cccc(Cl)c3)CC2)cc1. The monoisotopic (exact) mass is 457 g/mol. The zero-order chi connectivity index (χ0) is 21.1. The molecule has 0 amide bonds. The lowest BCUT2D eigenvalue weighted by atomic mass is 10.2. The van der Waals surface area contributed by atoms with Crippen molar-refractivity contribution in [3.05, 3.63) is 59.1 Å². The number of hydrogen-bond donors (Lipinski definition) is 1. The maximum atomic E-state index is 12.6. The Morgan fingerprint density at radius 2 is 1.62 bits per heavy atom. The van der Waals surface area contributed by atoms with Crippen LogP contribution in [-0.2, 0) is 20.0 Å². The van der Waals surface area contributed by atoms with Crippen molar-refractivity contribution in [3.63, 3.8) is 0 Å². The van der Waals surface area contributed by atoms with Crippen LogP contribution in [0.3, 0.4) is 0 Å². The van der Waals surface area contributed by atoms with Crippen LogP contribution in [0.15, 0.2) is 53.4 Å². The highest BCUT2D eigenvalue weighted by Gasteiger charge is 2.27. The molecule has 1 aliphatic heterocycles. The standard InChI is InChI=1S/C19H24ClN3O4S2/c1-16-5-7-19(8-6-16)29(26,27)21-9-14-28(24,25)23-12-10-22(11-13-23)18-4-2-3-17(20)15-18/h2-8,15,21H,9-14H2,1H3. The van der Waals surface area contributed by atoms with Crippen LogP contribution in [0.4, 0.5) is 5.69 Å². The van der Waals surface area contributed by atoms with Crippen molar-refractivity contribution >= 4 is 37.3 Å². The number of anilines is 1. The Balaban J connectivity index is 1.53. The Kier molecular flexibility index (Phi) is 6.85. The van der Waals surface area contributed by atoms with E-state index in [0.29, 0.717) is 31.2 Å². The van der Waals surface area contributed by atoms with E-state index in [2.05, 4.69) is 9.62 Å². The fraction of sp³-hybridized carbons (Fsp3) is 0.368. The molecule has 1 N–H and O–H groups in total. The minimum Gasteiger partial charge on any atom is -0.369 e. The quantitative estimate of drug-likeness (QED) is 0.687. The molecule has 0 spiro atoms. The van der Waals surface area contributed by atoms with Crippen LogP contribution in [0.2, 0.25) is 5.02 Å². The molecule has 0 radical (unpaired) electrons. The topological polar surface area (TPSA) is 86.8 Å². The summed E-state index contributed by atoms with van der Waals surface area (Å²) in [5, 5.41) is 0.637. The molecule has 1 saturated heterocycles. The van der Waals surface area contributed by atoms with Crippen molar-refractivity contribution in [3.8, 4) is 0 Å². The van der Waals surface area contributed by atoms with Gasteiger partial charge >= 0.3 is 0 Å². The molecule has 1 fully saturated rings. The first-order valence-corrected chi connectivity index (χ1v) is 12.7. The molecule has 2 aromatic rings. The third kappa shape index (κ3) is 5.70. The van der Waals surface area contributed by atoms with Gasteiger partial charge in [-0.3, -0.25) is 0 Å². The Morgan fingerprint density at radius 1 is 0.966 bits per heavy atom. The average molecular weight is 458 g/mol. The number of halogens is 1. The van der Waals surface area contributed by atoms with Crippen LogP contribution >= 0.6 is 11.6 Å². The molecular formula is C19H24ClN3O4S2. The first kappa shape index (κ1) is 22.0. The van der Waals surface area contributed by atoms with Crippen LogP contribution in [0.5, 0.6) is 0 Å². The highest BCUT2D eigenvalue weighted by Crippen LogP contribution is 2.21. The van der Waals surface area contributed by atoms with Crippen molar-refractivity contribution in [1.82, 2.24) is 9.03 Å². The first-order chi connectivity index (χ1) is 13.7. The molecule has 0 unspecified atom stereocenters. The van der Waals surface area contributed by atoms with Crippen molar-refractivity contribution in [2.45, 2.75) is 11.8 Å². The summed E-state index contributed by atoms with van der Waals surface area (Å²) in [5.74, 6) is -0.282. The molecule has 0 atom stereocenters. The minimum absolute atomic E-state index is 0.121. The fourth-order valence-electron chi connectivity index (χ4n) is 3.13. The molecular weight excluding hydrogens is 434 g/mol. The maximum Gasteiger partial charge on any atom is 0.240 e. The lowest BCUT2D eigenvalue weighted by Crippen LogP contribution is -2.50. The van der Waals surface area contributed by atoms with Gasteiger partial charge in [0, 0.05) is 43.4 Å². The Morgan fingerprint density at radius 3 is 2.24 bits per heavy atom. The van der Waals surface area contributed by atoms with E-state index in [0.717, 1.165) is 11.3 Å². The summed E-state index contributed by atoms with van der Waals surface area (Å²) >= 11 is 6.02. The van der Waals surface area contributed by atoms with Gasteiger partial charge < -0.3 is 4.90 Å². The van der Waals surface area contributed by atoms with E-state index in [1.807, 2.05) is 25.1 Å². The fourth-order valence-corrected chi connectivity index (χ4v) is 5.82. The number of hydrogen-bond acceptors (Lipinski definition) is 5. The van der Waals surface area contributed by atoms with Crippen LogP contribution in [0, 0.1) is 6.92 Å². The molecule has 3 rings (SSSR count). The summed E-state index contributed by atoms with van der Waals surface area (Å²) in [6.45, 7) is 3.48. The number of rotatable bonds is 7. The lowest BCUT2D eigenvalue weighted by Gasteiger charge is -2.35. The lowest BCUT2D eigenvalue weighted by molar-refractivity contribution is 0.385. The first-order valence-electron chi connectivity index (χ1n) is 9.22. The predicted octanol–water partition coefficient (Wildman–Crippen LogP) is 2.08. The van der Waals surface area contributed by atoms with Crippen LogP contribution < -0.4 is 9.62 Å². The Labute approximate surface area is 177 Å². The van der Waals surface area contributed by atoms with Gasteiger partial charge in [-0.25, -0.2) is 21.6 Å². The van der Waals surface area contributed by atoms with Gasteiger partial charge in [0.05, 0.1) is 10.6 Å². The zero-order valence-electron chi connectivity index (χ0n) is 16.1. The minimum atomic E-state index is -3.73. The van der Waals surface area contributed by atoms with Gasteiger partial charge in [0.1, 0.15) is 0 Å². The largest absolute Gasteiger partial charge is 0.369 e. The smallest absolute Gasteiger partial charge is 0.240 e. The molecule has 0 bridgehead atoms. The van der Waals surface area contributed by atoms with E-state index < -0.39 is 20.0 Å². The summed E-state index contributed by atoms with van der Waals surface area (Å²) in [7, 11) is -7.29. The van der Waals surface area contributed by atoms with Gasteiger partial charge in [0.15, 0.2) is 0 Å². The number of sulfonamides is 2. The van der Waals surface area contributed by atoms with Gasteiger partial charge in [-0.2, -0.15) is 4.31 Å². The Bertz CT molecular complexity index is 1050. The zero-order valence-corrected chi connectivity index (χ0v) is 18.5. The second-order valence-corrected chi connectivity index (χ2v) is 11.2. The second kappa shape index (κ2) is 9.01. The highest BCUT2D eigenvalue weighted by atomic mass is 35.5. The number of aryl methyl sites for hydroxylation is 1. The number of nitrogens with zero attached hydrogens (tertiary/aromatic N) is 2. The second-order valence-electron chi connectivity index (χ2n) is 6.89. The number of benzene rings is 2. The van der Waals surface area contributed by atoms with Gasteiger partial charge in [0.2, 0.25) is 20.0 Å².